The lowest BCUT2D eigenvalue weighted by Gasteiger charge is -2.20. The Morgan fingerprint density at radius 2 is 2.44 bits per heavy atom. The monoisotopic (exact) mass is 242 g/mol. The minimum Gasteiger partial charge on any atom is -0.349 e. The van der Waals surface area contributed by atoms with Gasteiger partial charge in [-0.1, -0.05) is 0 Å². The second-order valence-corrected chi connectivity index (χ2v) is 4.86. The molecule has 1 atom stereocenters. The topological polar surface area (TPSA) is 61.9 Å². The Kier molecular flexibility index (Phi) is 5.34. The number of nitrogens with zero attached hydrogens (tertiary/aromatic N) is 3. The van der Waals surface area contributed by atoms with Crippen molar-refractivity contribution in [3.63, 3.8) is 0 Å². The molecule has 1 rings (SSSR count). The van der Waals surface area contributed by atoms with Crippen LogP contribution in [0, 0.1) is 0 Å². The average Bonchev–Trinajstić information content (AvgIpc) is 2.27. The summed E-state index contributed by atoms with van der Waals surface area (Å²) in [5.74, 6) is 0.791. The first-order valence-corrected chi connectivity index (χ1v) is 6.07. The Morgan fingerprint density at radius 3 is 3.00 bits per heavy atom. The van der Waals surface area contributed by atoms with Gasteiger partial charge in [0.1, 0.15) is 6.34 Å². The third-order valence-corrected chi connectivity index (χ3v) is 3.21. The van der Waals surface area contributed by atoms with Gasteiger partial charge in [-0.3, -0.25) is 4.79 Å². The van der Waals surface area contributed by atoms with Crippen LogP contribution >= 0.6 is 11.9 Å². The van der Waals surface area contributed by atoms with E-state index in [4.69, 9.17) is 5.73 Å². The molecule has 0 fully saturated rings. The van der Waals surface area contributed by atoms with Crippen molar-refractivity contribution in [2.45, 2.75) is 12.5 Å². The predicted octanol–water partition coefficient (Wildman–Crippen LogP) is 0.298. The highest BCUT2D eigenvalue weighted by Crippen LogP contribution is 2.12. The molecule has 5 nitrogen and oxygen atoms in total. The molecule has 1 amide bonds. The highest BCUT2D eigenvalue weighted by Gasteiger charge is 2.12. The van der Waals surface area contributed by atoms with E-state index in [9.17, 15) is 4.79 Å². The summed E-state index contributed by atoms with van der Waals surface area (Å²) in [6.45, 7) is 0.836. The molecule has 1 aliphatic rings. The number of carbonyl (C=O) groups is 1. The molecule has 0 aliphatic carbocycles. The zero-order valence-electron chi connectivity index (χ0n) is 9.67. The number of rotatable bonds is 5. The summed E-state index contributed by atoms with van der Waals surface area (Å²) in [7, 11) is 3.48. The van der Waals surface area contributed by atoms with Gasteiger partial charge >= 0.3 is 0 Å². The van der Waals surface area contributed by atoms with E-state index in [1.807, 2.05) is 10.4 Å². The summed E-state index contributed by atoms with van der Waals surface area (Å²) in [6, 6.07) is -0.112. The Morgan fingerprint density at radius 1 is 1.69 bits per heavy atom. The molecule has 90 valence electrons. The number of aliphatic imine (C=N–C) groups is 1. The maximum Gasteiger partial charge on any atom is 0.223 e. The molecule has 6 heteroatoms. The third-order valence-electron chi connectivity index (χ3n) is 2.06. The van der Waals surface area contributed by atoms with Crippen molar-refractivity contribution in [3.05, 3.63) is 12.3 Å². The highest BCUT2D eigenvalue weighted by molar-refractivity contribution is 7.97. The van der Waals surface area contributed by atoms with Gasteiger partial charge in [0.05, 0.1) is 6.54 Å². The van der Waals surface area contributed by atoms with Gasteiger partial charge < -0.3 is 14.9 Å². The molecule has 0 aromatic carbocycles. The standard InChI is InChI=1S/C10H18N4OS/c1-13(2)10(15)6-9(11)7-16-14-5-3-4-12-8-14/h3-4,8-9H,5-7,11H2,1-2H3/t9-/m1/s1. The molecular weight excluding hydrogens is 224 g/mol. The summed E-state index contributed by atoms with van der Waals surface area (Å²) >= 11 is 1.60. The second-order valence-electron chi connectivity index (χ2n) is 3.80. The molecule has 0 spiro atoms. The number of nitrogens with two attached hydrogens (primary N) is 1. The fourth-order valence-electron chi connectivity index (χ4n) is 1.12. The van der Waals surface area contributed by atoms with E-state index in [0.717, 1.165) is 12.3 Å². The van der Waals surface area contributed by atoms with Crippen LogP contribution in [0.15, 0.2) is 17.3 Å². The van der Waals surface area contributed by atoms with Crippen molar-refractivity contribution in [1.82, 2.24) is 9.21 Å². The first-order valence-electron chi connectivity index (χ1n) is 5.13. The van der Waals surface area contributed by atoms with Gasteiger partial charge in [-0.05, 0) is 18.0 Å². The SMILES string of the molecule is CN(C)C(=O)C[C@@H](N)CSN1C=NC=CC1. The molecule has 1 aliphatic heterocycles. The average molecular weight is 242 g/mol. The second kappa shape index (κ2) is 6.55. The van der Waals surface area contributed by atoms with Crippen molar-refractivity contribution >= 4 is 24.2 Å². The summed E-state index contributed by atoms with van der Waals surface area (Å²) in [5.41, 5.74) is 5.87. The van der Waals surface area contributed by atoms with Gasteiger partial charge in [0.2, 0.25) is 5.91 Å². The van der Waals surface area contributed by atoms with Gasteiger partial charge in [0, 0.05) is 38.5 Å². The van der Waals surface area contributed by atoms with Crippen molar-refractivity contribution in [3.8, 4) is 0 Å². The molecule has 0 saturated carbocycles. The summed E-state index contributed by atoms with van der Waals surface area (Å²) in [6.07, 6.45) is 5.90. The predicted molar refractivity (Wildman–Crippen MR) is 68.1 cm³/mol. The summed E-state index contributed by atoms with van der Waals surface area (Å²) < 4.78 is 2.00. The minimum absolute atomic E-state index is 0.0697. The molecule has 16 heavy (non-hydrogen) atoms. The molecular formula is C10H18N4OS. The fourth-order valence-corrected chi connectivity index (χ4v) is 1.93. The van der Waals surface area contributed by atoms with E-state index in [2.05, 4.69) is 4.99 Å². The number of amides is 1. The van der Waals surface area contributed by atoms with Crippen LogP contribution in [0.3, 0.4) is 0 Å². The van der Waals surface area contributed by atoms with E-state index in [0.29, 0.717) is 6.42 Å². The highest BCUT2D eigenvalue weighted by atomic mass is 32.2. The van der Waals surface area contributed by atoms with E-state index in [1.54, 1.807) is 43.5 Å². The number of carbonyl (C=O) groups excluding carboxylic acids is 1. The van der Waals surface area contributed by atoms with E-state index >= 15 is 0 Å². The fraction of sp³-hybridized carbons (Fsp3) is 0.600. The quantitative estimate of drug-likeness (QED) is 0.704. The Hall–Kier alpha value is -1.01. The van der Waals surface area contributed by atoms with Gasteiger partial charge in [0.15, 0.2) is 0 Å². The van der Waals surface area contributed by atoms with Crippen LogP contribution < -0.4 is 5.73 Å². The molecule has 0 aromatic heterocycles. The van der Waals surface area contributed by atoms with E-state index in [1.165, 1.54) is 0 Å². The Labute approximate surface area is 101 Å². The van der Waals surface area contributed by atoms with Crippen LogP contribution in [0.2, 0.25) is 0 Å². The van der Waals surface area contributed by atoms with Gasteiger partial charge in [0.25, 0.3) is 0 Å². The maximum atomic E-state index is 11.4. The van der Waals surface area contributed by atoms with Gasteiger partial charge in [-0.2, -0.15) is 0 Å². The Bertz CT molecular complexity index is 291. The smallest absolute Gasteiger partial charge is 0.223 e. The minimum atomic E-state index is -0.112. The molecule has 0 aromatic rings. The van der Waals surface area contributed by atoms with E-state index < -0.39 is 0 Å². The van der Waals surface area contributed by atoms with Crippen LogP contribution in [0.1, 0.15) is 6.42 Å². The zero-order valence-corrected chi connectivity index (χ0v) is 10.5. The van der Waals surface area contributed by atoms with Crippen molar-refractivity contribution in [1.29, 1.82) is 0 Å². The Balaban J connectivity index is 2.19. The first-order chi connectivity index (χ1) is 7.59. The molecule has 2 N–H and O–H groups in total. The first kappa shape index (κ1) is 13.1. The van der Waals surface area contributed by atoms with Crippen molar-refractivity contribution in [2.24, 2.45) is 10.7 Å². The maximum absolute atomic E-state index is 11.4. The normalized spacial score (nSPS) is 16.3. The summed E-state index contributed by atoms with van der Waals surface area (Å²) in [5, 5.41) is 0. The van der Waals surface area contributed by atoms with Crippen LogP contribution in [-0.2, 0) is 4.79 Å². The number of hydrogen-bond acceptors (Lipinski definition) is 5. The zero-order chi connectivity index (χ0) is 12.0. The van der Waals surface area contributed by atoms with Crippen LogP contribution in [0.5, 0.6) is 0 Å². The van der Waals surface area contributed by atoms with Crippen molar-refractivity contribution in [2.75, 3.05) is 26.4 Å². The van der Waals surface area contributed by atoms with Gasteiger partial charge in [-0.25, -0.2) is 4.99 Å². The lowest BCUT2D eigenvalue weighted by Crippen LogP contribution is -2.33. The van der Waals surface area contributed by atoms with Crippen LogP contribution in [0.25, 0.3) is 0 Å². The van der Waals surface area contributed by atoms with Gasteiger partial charge in [-0.15, -0.1) is 0 Å². The van der Waals surface area contributed by atoms with Crippen LogP contribution in [0.4, 0.5) is 0 Å². The lowest BCUT2D eigenvalue weighted by molar-refractivity contribution is -0.128. The van der Waals surface area contributed by atoms with E-state index in [-0.39, 0.29) is 11.9 Å². The summed E-state index contributed by atoms with van der Waals surface area (Å²) in [4.78, 5) is 17.0. The molecule has 0 bridgehead atoms. The lowest BCUT2D eigenvalue weighted by atomic mass is 10.2. The molecule has 0 saturated heterocycles. The third kappa shape index (κ3) is 4.67. The number of hydrogen-bond donors (Lipinski definition) is 1. The van der Waals surface area contributed by atoms with Crippen LogP contribution in [-0.4, -0.2) is 53.9 Å². The largest absolute Gasteiger partial charge is 0.349 e. The van der Waals surface area contributed by atoms with Crippen molar-refractivity contribution < 1.29 is 4.79 Å². The molecule has 1 heterocycles. The molecule has 0 radical (unpaired) electrons. The molecule has 0 unspecified atom stereocenters.